The molecule has 0 aliphatic carbocycles. The van der Waals surface area contributed by atoms with Gasteiger partial charge in [0.1, 0.15) is 4.21 Å². The van der Waals surface area contributed by atoms with Gasteiger partial charge in [0.25, 0.3) is 0 Å². The lowest BCUT2D eigenvalue weighted by molar-refractivity contribution is 0.600. The highest BCUT2D eigenvalue weighted by Crippen LogP contribution is 2.20. The molecule has 0 aliphatic heterocycles. The number of thiophene rings is 1. The maximum Gasteiger partial charge on any atom is 0.247 e. The molecule has 6 nitrogen and oxygen atoms in total. The number of primary sulfonamides is 1. The van der Waals surface area contributed by atoms with Crippen LogP contribution < -0.4 is 15.8 Å². The van der Waals surface area contributed by atoms with E-state index in [0.29, 0.717) is 12.5 Å². The van der Waals surface area contributed by atoms with Gasteiger partial charge in [-0.05, 0) is 32.9 Å². The SMILES string of the molecule is CCNC(=NCc1ccc(S(N)(=O)=O)s1)NC(C)C.I. The highest BCUT2D eigenvalue weighted by atomic mass is 127. The van der Waals surface area contributed by atoms with Crippen LogP contribution in [-0.4, -0.2) is 27.0 Å². The quantitative estimate of drug-likeness (QED) is 0.373. The zero-order valence-electron chi connectivity index (χ0n) is 11.7. The lowest BCUT2D eigenvalue weighted by Crippen LogP contribution is -2.40. The molecule has 20 heavy (non-hydrogen) atoms. The number of halogens is 1. The molecule has 1 aromatic heterocycles. The average Bonchev–Trinajstić information content (AvgIpc) is 2.73. The normalized spacial score (nSPS) is 12.2. The second kappa shape index (κ2) is 8.80. The monoisotopic (exact) mass is 432 g/mol. The van der Waals surface area contributed by atoms with Crippen LogP contribution in [0.3, 0.4) is 0 Å². The largest absolute Gasteiger partial charge is 0.357 e. The number of nitrogens with zero attached hydrogens (tertiary/aromatic N) is 1. The maximum atomic E-state index is 11.2. The molecule has 0 spiro atoms. The first-order valence-electron chi connectivity index (χ1n) is 5.99. The van der Waals surface area contributed by atoms with Gasteiger partial charge in [0.05, 0.1) is 6.54 Å². The lowest BCUT2D eigenvalue weighted by atomic mass is 10.4. The molecule has 0 radical (unpaired) electrons. The Hall–Kier alpha value is -0.390. The van der Waals surface area contributed by atoms with Crippen LogP contribution in [-0.2, 0) is 16.6 Å². The van der Waals surface area contributed by atoms with Gasteiger partial charge in [0.2, 0.25) is 10.0 Å². The van der Waals surface area contributed by atoms with Crippen LogP contribution in [0, 0.1) is 0 Å². The fourth-order valence-corrected chi connectivity index (χ4v) is 3.05. The van der Waals surface area contributed by atoms with Gasteiger partial charge in [-0.2, -0.15) is 0 Å². The van der Waals surface area contributed by atoms with Crippen LogP contribution in [0.15, 0.2) is 21.3 Å². The van der Waals surface area contributed by atoms with Crippen molar-refractivity contribution in [3.05, 3.63) is 17.0 Å². The molecule has 0 atom stereocenters. The Kier molecular flexibility index (Phi) is 8.63. The summed E-state index contributed by atoms with van der Waals surface area (Å²) < 4.78 is 22.5. The number of hydrogen-bond donors (Lipinski definition) is 3. The molecule has 1 rings (SSSR count). The predicted octanol–water partition coefficient (Wildman–Crippen LogP) is 1.48. The topological polar surface area (TPSA) is 96.6 Å². The third kappa shape index (κ3) is 6.86. The van der Waals surface area contributed by atoms with Gasteiger partial charge in [-0.15, -0.1) is 35.3 Å². The molecular weight excluding hydrogens is 411 g/mol. The van der Waals surface area contributed by atoms with Gasteiger partial charge < -0.3 is 10.6 Å². The van der Waals surface area contributed by atoms with Crippen molar-refractivity contribution in [1.29, 1.82) is 0 Å². The summed E-state index contributed by atoms with van der Waals surface area (Å²) in [5.41, 5.74) is 0. The highest BCUT2D eigenvalue weighted by molar-refractivity contribution is 14.0. The zero-order valence-corrected chi connectivity index (χ0v) is 15.7. The number of aliphatic imine (C=N–C) groups is 1. The minimum Gasteiger partial charge on any atom is -0.357 e. The van der Waals surface area contributed by atoms with E-state index in [1.807, 2.05) is 20.8 Å². The van der Waals surface area contributed by atoms with E-state index in [9.17, 15) is 8.42 Å². The van der Waals surface area contributed by atoms with Crippen molar-refractivity contribution in [2.24, 2.45) is 10.1 Å². The third-order valence-corrected chi connectivity index (χ3v) is 4.59. The standard InChI is InChI=1S/C11H20N4O2S2.HI/c1-4-13-11(15-8(2)3)14-7-9-5-6-10(18-9)19(12,16)17;/h5-6,8H,4,7H2,1-3H3,(H2,12,16,17)(H2,13,14,15);1H. The summed E-state index contributed by atoms with van der Waals surface area (Å²) in [6, 6.07) is 3.52. The fraction of sp³-hybridized carbons (Fsp3) is 0.545. The van der Waals surface area contributed by atoms with E-state index in [1.165, 1.54) is 6.07 Å². The van der Waals surface area contributed by atoms with Crippen molar-refractivity contribution >= 4 is 51.3 Å². The van der Waals surface area contributed by atoms with Gasteiger partial charge in [0, 0.05) is 17.5 Å². The number of nitrogens with one attached hydrogen (secondary N) is 2. The van der Waals surface area contributed by atoms with Gasteiger partial charge in [-0.3, -0.25) is 0 Å². The first kappa shape index (κ1) is 19.6. The van der Waals surface area contributed by atoms with E-state index in [4.69, 9.17) is 5.14 Å². The third-order valence-electron chi connectivity index (χ3n) is 2.08. The molecule has 9 heteroatoms. The van der Waals surface area contributed by atoms with Gasteiger partial charge >= 0.3 is 0 Å². The number of guanidine groups is 1. The molecule has 0 saturated carbocycles. The first-order valence-corrected chi connectivity index (χ1v) is 8.35. The Morgan fingerprint density at radius 3 is 2.55 bits per heavy atom. The van der Waals surface area contributed by atoms with Crippen molar-refractivity contribution in [2.75, 3.05) is 6.54 Å². The summed E-state index contributed by atoms with van der Waals surface area (Å²) in [5, 5.41) is 11.4. The lowest BCUT2D eigenvalue weighted by Gasteiger charge is -2.13. The fourth-order valence-electron chi connectivity index (χ4n) is 1.35. The second-order valence-corrected chi connectivity index (χ2v) is 7.22. The summed E-state index contributed by atoms with van der Waals surface area (Å²) in [5.74, 6) is 0.711. The van der Waals surface area contributed by atoms with Crippen molar-refractivity contribution in [3.8, 4) is 0 Å². The molecule has 4 N–H and O–H groups in total. The minimum atomic E-state index is -3.61. The summed E-state index contributed by atoms with van der Waals surface area (Å²) in [7, 11) is -3.61. The number of rotatable bonds is 5. The van der Waals surface area contributed by atoms with Gasteiger partial charge in [-0.1, -0.05) is 0 Å². The molecule has 0 unspecified atom stereocenters. The van der Waals surface area contributed by atoms with Crippen LogP contribution in [0.2, 0.25) is 0 Å². The molecule has 0 aromatic carbocycles. The molecule has 0 saturated heterocycles. The van der Waals surface area contributed by atoms with E-state index in [1.54, 1.807) is 6.07 Å². The Morgan fingerprint density at radius 1 is 1.45 bits per heavy atom. The molecule has 1 heterocycles. The van der Waals surface area contributed by atoms with Crippen LogP contribution in [0.5, 0.6) is 0 Å². The number of nitrogens with two attached hydrogens (primary N) is 1. The molecule has 0 bridgehead atoms. The van der Waals surface area contributed by atoms with E-state index in [2.05, 4.69) is 15.6 Å². The predicted molar refractivity (Wildman–Crippen MR) is 94.2 cm³/mol. The van der Waals surface area contributed by atoms with E-state index in [0.717, 1.165) is 22.8 Å². The first-order chi connectivity index (χ1) is 8.82. The molecule has 0 aliphatic rings. The smallest absolute Gasteiger partial charge is 0.247 e. The molecule has 0 fully saturated rings. The Balaban J connectivity index is 0.00000361. The van der Waals surface area contributed by atoms with Crippen LogP contribution in [0.25, 0.3) is 0 Å². The van der Waals surface area contributed by atoms with Crippen LogP contribution in [0.4, 0.5) is 0 Å². The van der Waals surface area contributed by atoms with Crippen molar-refractivity contribution < 1.29 is 8.42 Å². The summed E-state index contributed by atoms with van der Waals surface area (Å²) in [6.45, 7) is 7.23. The summed E-state index contributed by atoms with van der Waals surface area (Å²) in [6.07, 6.45) is 0. The van der Waals surface area contributed by atoms with Crippen molar-refractivity contribution in [1.82, 2.24) is 10.6 Å². The van der Waals surface area contributed by atoms with Gasteiger partial charge in [-0.25, -0.2) is 18.5 Å². The Labute approximate surface area is 141 Å². The molecule has 1 aromatic rings. The maximum absolute atomic E-state index is 11.2. The van der Waals surface area contributed by atoms with Gasteiger partial charge in [0.15, 0.2) is 5.96 Å². The summed E-state index contributed by atoms with van der Waals surface area (Å²) in [4.78, 5) is 5.24. The van der Waals surface area contributed by atoms with Crippen LogP contribution >= 0.6 is 35.3 Å². The number of sulfonamides is 1. The Morgan fingerprint density at radius 2 is 2.10 bits per heavy atom. The van der Waals surface area contributed by atoms with Crippen LogP contribution in [0.1, 0.15) is 25.6 Å². The summed E-state index contributed by atoms with van der Waals surface area (Å²) >= 11 is 1.14. The van der Waals surface area contributed by atoms with Crippen molar-refractivity contribution in [2.45, 2.75) is 37.6 Å². The molecular formula is C11H21IN4O2S2. The second-order valence-electron chi connectivity index (χ2n) is 4.26. The van der Waals surface area contributed by atoms with E-state index >= 15 is 0 Å². The zero-order chi connectivity index (χ0) is 14.5. The molecule has 0 amide bonds. The molecule has 116 valence electrons. The number of hydrogen-bond acceptors (Lipinski definition) is 4. The Bertz CT molecular complexity index is 540. The van der Waals surface area contributed by atoms with E-state index in [-0.39, 0.29) is 34.2 Å². The minimum absolute atomic E-state index is 0. The van der Waals surface area contributed by atoms with E-state index < -0.39 is 10.0 Å². The van der Waals surface area contributed by atoms with Crippen molar-refractivity contribution in [3.63, 3.8) is 0 Å². The highest BCUT2D eigenvalue weighted by Gasteiger charge is 2.11. The average molecular weight is 432 g/mol.